The molecule has 0 bridgehead atoms. The summed E-state index contributed by atoms with van der Waals surface area (Å²) in [4.78, 5) is 10.9. The van der Waals surface area contributed by atoms with Crippen molar-refractivity contribution in [3.63, 3.8) is 0 Å². The molecule has 0 unspecified atom stereocenters. The predicted molar refractivity (Wildman–Crippen MR) is 86.3 cm³/mol. The van der Waals surface area contributed by atoms with Gasteiger partial charge < -0.3 is 5.11 Å². The maximum Gasteiger partial charge on any atom is 0.306 e. The number of carboxylic acid groups (broad SMARTS) is 1. The molecule has 1 aromatic rings. The Morgan fingerprint density at radius 3 is 2.41 bits per heavy atom. The van der Waals surface area contributed by atoms with Crippen LogP contribution in [0.3, 0.4) is 0 Å². The van der Waals surface area contributed by atoms with Gasteiger partial charge in [0.25, 0.3) is 0 Å². The van der Waals surface area contributed by atoms with Crippen molar-refractivity contribution >= 4 is 45.3 Å². The van der Waals surface area contributed by atoms with Crippen molar-refractivity contribution in [3.05, 3.63) is 39.2 Å². The van der Waals surface area contributed by atoms with Crippen molar-refractivity contribution in [2.75, 3.05) is 13.1 Å². The second kappa shape index (κ2) is 7.00. The Labute approximate surface area is 139 Å². The molecule has 8 heteroatoms. The van der Waals surface area contributed by atoms with Gasteiger partial charge >= 0.3 is 5.97 Å². The molecule has 0 atom stereocenters. The number of aliphatic carboxylic acids is 1. The molecule has 1 aliphatic heterocycles. The van der Waals surface area contributed by atoms with Gasteiger partial charge in [0.1, 0.15) is 0 Å². The number of piperidine rings is 1. The lowest BCUT2D eigenvalue weighted by molar-refractivity contribution is -0.142. The lowest BCUT2D eigenvalue weighted by Gasteiger charge is -2.28. The number of carboxylic acids is 1. The van der Waals surface area contributed by atoms with Crippen LogP contribution >= 0.6 is 23.2 Å². The SMILES string of the molecule is O=C(O)C1CCN(S(=O)(=O)C=Cc2ccc(Cl)c(Cl)c2)CC1. The van der Waals surface area contributed by atoms with Gasteiger partial charge in [0.15, 0.2) is 0 Å². The van der Waals surface area contributed by atoms with E-state index in [-0.39, 0.29) is 13.1 Å². The third-order valence-corrected chi connectivity index (χ3v) is 5.84. The fourth-order valence-corrected chi connectivity index (χ4v) is 3.75. The van der Waals surface area contributed by atoms with E-state index in [4.69, 9.17) is 28.3 Å². The minimum atomic E-state index is -3.57. The van der Waals surface area contributed by atoms with Crippen molar-refractivity contribution < 1.29 is 18.3 Å². The van der Waals surface area contributed by atoms with E-state index >= 15 is 0 Å². The van der Waals surface area contributed by atoms with Gasteiger partial charge in [-0.1, -0.05) is 29.3 Å². The Hall–Kier alpha value is -1.08. The van der Waals surface area contributed by atoms with E-state index in [2.05, 4.69) is 0 Å². The second-order valence-electron chi connectivity index (χ2n) is 5.03. The van der Waals surface area contributed by atoms with Gasteiger partial charge in [0.05, 0.1) is 16.0 Å². The Kier molecular flexibility index (Phi) is 5.50. The fraction of sp³-hybridized carbons (Fsp3) is 0.357. The van der Waals surface area contributed by atoms with Crippen LogP contribution < -0.4 is 0 Å². The maximum atomic E-state index is 12.2. The highest BCUT2D eigenvalue weighted by molar-refractivity contribution is 7.92. The molecule has 1 N–H and O–H groups in total. The zero-order chi connectivity index (χ0) is 16.3. The Morgan fingerprint density at radius 2 is 1.86 bits per heavy atom. The molecule has 0 amide bonds. The van der Waals surface area contributed by atoms with E-state index in [9.17, 15) is 13.2 Å². The smallest absolute Gasteiger partial charge is 0.306 e. The molecular formula is C14H15Cl2NO4S. The highest BCUT2D eigenvalue weighted by Crippen LogP contribution is 2.24. The molecule has 0 aliphatic carbocycles. The molecule has 5 nitrogen and oxygen atoms in total. The molecular weight excluding hydrogens is 349 g/mol. The van der Waals surface area contributed by atoms with Crippen LogP contribution in [-0.2, 0) is 14.8 Å². The number of nitrogens with zero attached hydrogens (tertiary/aromatic N) is 1. The van der Waals surface area contributed by atoms with Crippen LogP contribution in [-0.4, -0.2) is 36.9 Å². The number of rotatable bonds is 4. The summed E-state index contributed by atoms with van der Waals surface area (Å²) in [7, 11) is -3.57. The summed E-state index contributed by atoms with van der Waals surface area (Å²) in [5.41, 5.74) is 0.624. The van der Waals surface area contributed by atoms with E-state index < -0.39 is 21.9 Å². The first-order valence-corrected chi connectivity index (χ1v) is 8.91. The predicted octanol–water partition coefficient (Wildman–Crippen LogP) is 3.09. The van der Waals surface area contributed by atoms with Crippen LogP contribution in [0.1, 0.15) is 18.4 Å². The van der Waals surface area contributed by atoms with Crippen molar-refractivity contribution in [2.45, 2.75) is 12.8 Å². The molecule has 2 rings (SSSR count). The quantitative estimate of drug-likeness (QED) is 0.891. The highest BCUT2D eigenvalue weighted by atomic mass is 35.5. The molecule has 0 saturated carbocycles. The molecule has 1 aromatic carbocycles. The molecule has 1 fully saturated rings. The van der Waals surface area contributed by atoms with Crippen LogP contribution in [0.2, 0.25) is 10.0 Å². The molecule has 1 heterocycles. The topological polar surface area (TPSA) is 74.7 Å². The minimum absolute atomic E-state index is 0.213. The first-order chi connectivity index (χ1) is 10.3. The summed E-state index contributed by atoms with van der Waals surface area (Å²) in [6.45, 7) is 0.427. The molecule has 0 spiro atoms. The van der Waals surface area contributed by atoms with Gasteiger partial charge in [-0.3, -0.25) is 4.79 Å². The third-order valence-electron chi connectivity index (χ3n) is 3.54. The number of benzene rings is 1. The monoisotopic (exact) mass is 363 g/mol. The maximum absolute atomic E-state index is 12.2. The Bertz CT molecular complexity index is 695. The van der Waals surface area contributed by atoms with Crippen molar-refractivity contribution in [2.24, 2.45) is 5.92 Å². The lowest BCUT2D eigenvalue weighted by atomic mass is 9.99. The molecule has 120 valence electrons. The number of hydrogen-bond acceptors (Lipinski definition) is 3. The van der Waals surface area contributed by atoms with Gasteiger partial charge in [0, 0.05) is 18.5 Å². The molecule has 0 radical (unpaired) electrons. The van der Waals surface area contributed by atoms with E-state index in [1.807, 2.05) is 0 Å². The second-order valence-corrected chi connectivity index (χ2v) is 7.67. The summed E-state index contributed by atoms with van der Waals surface area (Å²) in [6, 6.07) is 4.83. The van der Waals surface area contributed by atoms with Crippen LogP contribution in [0.4, 0.5) is 0 Å². The minimum Gasteiger partial charge on any atom is -0.481 e. The fourth-order valence-electron chi connectivity index (χ4n) is 2.22. The van der Waals surface area contributed by atoms with Crippen LogP contribution in [0.15, 0.2) is 23.6 Å². The van der Waals surface area contributed by atoms with Crippen molar-refractivity contribution in [1.82, 2.24) is 4.31 Å². The third kappa shape index (κ3) is 4.23. The zero-order valence-electron chi connectivity index (χ0n) is 11.6. The van der Waals surface area contributed by atoms with Crippen molar-refractivity contribution in [3.8, 4) is 0 Å². The first-order valence-electron chi connectivity index (χ1n) is 6.65. The summed E-state index contributed by atoms with van der Waals surface area (Å²) < 4.78 is 25.7. The van der Waals surface area contributed by atoms with Gasteiger partial charge in [-0.25, -0.2) is 8.42 Å². The highest BCUT2D eigenvalue weighted by Gasteiger charge is 2.29. The van der Waals surface area contributed by atoms with Gasteiger partial charge in [0.2, 0.25) is 10.0 Å². The largest absolute Gasteiger partial charge is 0.481 e. The van der Waals surface area contributed by atoms with Gasteiger partial charge in [-0.15, -0.1) is 0 Å². The van der Waals surface area contributed by atoms with E-state index in [1.165, 1.54) is 10.4 Å². The van der Waals surface area contributed by atoms with Crippen LogP contribution in [0.5, 0.6) is 0 Å². The van der Waals surface area contributed by atoms with Gasteiger partial charge in [-0.2, -0.15) is 4.31 Å². The number of sulfonamides is 1. The Balaban J connectivity index is 2.06. The lowest BCUT2D eigenvalue weighted by Crippen LogP contribution is -2.39. The number of halogens is 2. The standard InChI is InChI=1S/C14H15Cl2NO4S/c15-12-2-1-10(9-13(12)16)5-8-22(20,21)17-6-3-11(4-7-17)14(18)19/h1-2,5,8-9,11H,3-4,6-7H2,(H,18,19). The molecule has 1 aliphatic rings. The van der Waals surface area contributed by atoms with E-state index in [1.54, 1.807) is 18.2 Å². The number of carbonyl (C=O) groups is 1. The zero-order valence-corrected chi connectivity index (χ0v) is 13.9. The van der Waals surface area contributed by atoms with Crippen molar-refractivity contribution in [1.29, 1.82) is 0 Å². The summed E-state index contributed by atoms with van der Waals surface area (Å²) >= 11 is 11.7. The van der Waals surface area contributed by atoms with E-state index in [0.717, 1.165) is 5.41 Å². The average Bonchev–Trinajstić information content (AvgIpc) is 2.48. The Morgan fingerprint density at radius 1 is 1.23 bits per heavy atom. The normalized spacial score (nSPS) is 17.9. The summed E-state index contributed by atoms with van der Waals surface area (Å²) in [6.07, 6.45) is 2.10. The molecule has 0 aromatic heterocycles. The molecule has 22 heavy (non-hydrogen) atoms. The first kappa shape index (κ1) is 17.3. The van der Waals surface area contributed by atoms with E-state index in [0.29, 0.717) is 28.5 Å². The summed E-state index contributed by atoms with van der Waals surface area (Å²) in [5, 5.41) is 10.8. The van der Waals surface area contributed by atoms with Gasteiger partial charge in [-0.05, 0) is 36.6 Å². The number of hydrogen-bond donors (Lipinski definition) is 1. The summed E-state index contributed by atoms with van der Waals surface area (Å²) in [5.74, 6) is -1.34. The average molecular weight is 364 g/mol. The van der Waals surface area contributed by atoms with Crippen LogP contribution in [0.25, 0.3) is 6.08 Å². The molecule has 1 saturated heterocycles. The van der Waals surface area contributed by atoms with Crippen LogP contribution in [0, 0.1) is 5.92 Å².